The van der Waals surface area contributed by atoms with Crippen molar-refractivity contribution in [3.8, 4) is 5.75 Å². The third-order valence-electron chi connectivity index (χ3n) is 4.08. The Morgan fingerprint density at radius 2 is 2.04 bits per heavy atom. The Morgan fingerprint density at radius 1 is 1.28 bits per heavy atom. The number of hydrogen-bond acceptors (Lipinski definition) is 4. The maximum Gasteiger partial charge on any atom is 0.339 e. The molecular weight excluding hydrogens is 340 g/mol. The molecule has 2 aromatic carbocycles. The monoisotopic (exact) mass is 356 g/mol. The van der Waals surface area contributed by atoms with Crippen LogP contribution in [0.4, 0.5) is 11.4 Å². The van der Waals surface area contributed by atoms with E-state index in [0.717, 1.165) is 5.56 Å². The van der Waals surface area contributed by atoms with Gasteiger partial charge in [-0.05, 0) is 43.2 Å². The maximum atomic E-state index is 11.9. The van der Waals surface area contributed by atoms with Gasteiger partial charge in [0.2, 0.25) is 0 Å². The van der Waals surface area contributed by atoms with E-state index in [9.17, 15) is 15.0 Å². The number of phenols is 1. The molecule has 0 saturated heterocycles. The van der Waals surface area contributed by atoms with Crippen LogP contribution in [0.5, 0.6) is 5.75 Å². The molecule has 0 unspecified atom stereocenters. The molecule has 0 aliphatic carbocycles. The number of pyridine rings is 1. The average molecular weight is 357 g/mol. The summed E-state index contributed by atoms with van der Waals surface area (Å²) in [6.07, 6.45) is 0.470. The summed E-state index contributed by atoms with van der Waals surface area (Å²) in [4.78, 5) is 16.4. The lowest BCUT2D eigenvalue weighted by atomic mass is 10.0. The number of fused-ring (bicyclic) bond motifs is 1. The molecule has 0 atom stereocenters. The van der Waals surface area contributed by atoms with Crippen molar-refractivity contribution in [2.24, 2.45) is 0 Å². The van der Waals surface area contributed by atoms with Gasteiger partial charge in [0, 0.05) is 22.2 Å². The highest BCUT2D eigenvalue weighted by Gasteiger charge is 2.21. The molecule has 0 radical (unpaired) electrons. The van der Waals surface area contributed by atoms with E-state index in [1.807, 2.05) is 13.8 Å². The Hall–Kier alpha value is -2.79. The van der Waals surface area contributed by atoms with Crippen LogP contribution in [0, 0.1) is 6.92 Å². The molecule has 1 aromatic heterocycles. The summed E-state index contributed by atoms with van der Waals surface area (Å²) in [5, 5.41) is 23.8. The molecule has 6 heteroatoms. The predicted octanol–water partition coefficient (Wildman–Crippen LogP) is 4.91. The molecule has 3 aromatic rings. The van der Waals surface area contributed by atoms with Gasteiger partial charge in [-0.25, -0.2) is 4.79 Å². The van der Waals surface area contributed by atoms with Crippen LogP contribution in [0.2, 0.25) is 5.02 Å². The minimum absolute atomic E-state index is 0.0928. The van der Waals surface area contributed by atoms with Crippen LogP contribution in [0.1, 0.15) is 28.5 Å². The summed E-state index contributed by atoms with van der Waals surface area (Å²) in [6.45, 7) is 3.72. The van der Waals surface area contributed by atoms with Crippen molar-refractivity contribution < 1.29 is 15.0 Å². The van der Waals surface area contributed by atoms with E-state index >= 15 is 0 Å². The number of aromatic carboxylic acids is 1. The number of nitrogens with one attached hydrogen (secondary N) is 1. The van der Waals surface area contributed by atoms with Crippen molar-refractivity contribution in [1.82, 2.24) is 4.98 Å². The molecule has 0 fully saturated rings. The Labute approximate surface area is 149 Å². The number of aryl methyl sites for hydroxylation is 2. The highest BCUT2D eigenvalue weighted by Crippen LogP contribution is 2.35. The van der Waals surface area contributed by atoms with Gasteiger partial charge in [0.05, 0.1) is 16.9 Å². The molecule has 0 saturated carbocycles. The summed E-state index contributed by atoms with van der Waals surface area (Å²) < 4.78 is 0. The molecule has 1 heterocycles. The lowest BCUT2D eigenvalue weighted by molar-refractivity contribution is 0.0696. The van der Waals surface area contributed by atoms with Gasteiger partial charge < -0.3 is 15.5 Å². The third-order valence-corrected chi connectivity index (χ3v) is 4.49. The Kier molecular flexibility index (Phi) is 4.51. The topological polar surface area (TPSA) is 82.5 Å². The second kappa shape index (κ2) is 6.61. The van der Waals surface area contributed by atoms with Crippen LogP contribution < -0.4 is 5.32 Å². The molecule has 25 heavy (non-hydrogen) atoms. The highest BCUT2D eigenvalue weighted by atomic mass is 35.5. The van der Waals surface area contributed by atoms with Crippen molar-refractivity contribution in [1.29, 1.82) is 0 Å². The number of phenolic OH excluding ortho intramolecular Hbond substituents is 1. The number of carbonyl (C=O) groups is 1. The number of rotatable bonds is 4. The SMILES string of the molecule is CCc1nc2c(C)c(Cl)ccc2c(Nc2cccc(O)c2)c1C(=O)O. The van der Waals surface area contributed by atoms with E-state index in [0.29, 0.717) is 39.4 Å². The van der Waals surface area contributed by atoms with Crippen LogP contribution in [-0.2, 0) is 6.42 Å². The standard InChI is InChI=1S/C19H17ClN2O3/c1-3-15-16(19(24)25)18(21-11-5-4-6-12(23)9-11)13-7-8-14(20)10(2)17(13)22-15/h4-9,23H,3H2,1-2H3,(H,21,22)(H,24,25). The number of nitrogens with zero attached hydrogens (tertiary/aromatic N) is 1. The first-order chi connectivity index (χ1) is 11.9. The van der Waals surface area contributed by atoms with E-state index in [4.69, 9.17) is 11.6 Å². The van der Waals surface area contributed by atoms with Gasteiger partial charge >= 0.3 is 5.97 Å². The minimum atomic E-state index is -1.05. The number of halogens is 1. The van der Waals surface area contributed by atoms with E-state index in [2.05, 4.69) is 10.3 Å². The first kappa shape index (κ1) is 17.0. The summed E-state index contributed by atoms with van der Waals surface area (Å²) in [7, 11) is 0. The van der Waals surface area contributed by atoms with Gasteiger partial charge in [-0.15, -0.1) is 0 Å². The molecule has 0 spiro atoms. The predicted molar refractivity (Wildman–Crippen MR) is 99.2 cm³/mol. The fourth-order valence-electron chi connectivity index (χ4n) is 2.84. The van der Waals surface area contributed by atoms with Gasteiger partial charge in [0.1, 0.15) is 11.3 Å². The highest BCUT2D eigenvalue weighted by molar-refractivity contribution is 6.32. The molecule has 3 N–H and O–H groups in total. The van der Waals surface area contributed by atoms with Crippen LogP contribution in [0.25, 0.3) is 10.9 Å². The van der Waals surface area contributed by atoms with E-state index in [-0.39, 0.29) is 11.3 Å². The van der Waals surface area contributed by atoms with Gasteiger partial charge in [0.15, 0.2) is 0 Å². The summed E-state index contributed by atoms with van der Waals surface area (Å²) in [5.41, 5.74) is 3.10. The Balaban J connectivity index is 2.34. The van der Waals surface area contributed by atoms with Crippen LogP contribution >= 0.6 is 11.6 Å². The van der Waals surface area contributed by atoms with Gasteiger partial charge in [-0.1, -0.05) is 24.6 Å². The molecule has 5 nitrogen and oxygen atoms in total. The third kappa shape index (κ3) is 3.10. The summed E-state index contributed by atoms with van der Waals surface area (Å²) in [5.74, 6) is -0.961. The van der Waals surface area contributed by atoms with Gasteiger partial charge in [-0.3, -0.25) is 4.98 Å². The van der Waals surface area contributed by atoms with Crippen molar-refractivity contribution in [3.05, 3.63) is 58.2 Å². The number of hydrogen-bond donors (Lipinski definition) is 3. The van der Waals surface area contributed by atoms with Gasteiger partial charge in [0.25, 0.3) is 0 Å². The number of benzene rings is 2. The molecular formula is C19H17ClN2O3. The summed E-state index contributed by atoms with van der Waals surface area (Å²) in [6, 6.07) is 10.0. The molecule has 128 valence electrons. The second-order valence-corrected chi connectivity index (χ2v) is 6.12. The molecule has 0 amide bonds. The zero-order valence-electron chi connectivity index (χ0n) is 13.8. The minimum Gasteiger partial charge on any atom is -0.508 e. The molecule has 3 rings (SSSR count). The largest absolute Gasteiger partial charge is 0.508 e. The van der Waals surface area contributed by atoms with Crippen molar-refractivity contribution in [2.75, 3.05) is 5.32 Å². The second-order valence-electron chi connectivity index (χ2n) is 5.71. The number of carboxylic acids is 1. The van der Waals surface area contributed by atoms with Crippen molar-refractivity contribution >= 4 is 39.8 Å². The molecule has 0 bridgehead atoms. The van der Waals surface area contributed by atoms with Gasteiger partial charge in [-0.2, -0.15) is 0 Å². The number of aromatic nitrogens is 1. The lowest BCUT2D eigenvalue weighted by Gasteiger charge is -2.17. The Bertz CT molecular complexity index is 986. The Morgan fingerprint density at radius 3 is 2.68 bits per heavy atom. The van der Waals surface area contributed by atoms with Crippen molar-refractivity contribution in [3.63, 3.8) is 0 Å². The summed E-state index contributed by atoms with van der Waals surface area (Å²) >= 11 is 6.21. The normalized spacial score (nSPS) is 10.8. The van der Waals surface area contributed by atoms with Crippen LogP contribution in [0.3, 0.4) is 0 Å². The fourth-order valence-corrected chi connectivity index (χ4v) is 2.99. The number of aromatic hydroxyl groups is 1. The lowest BCUT2D eigenvalue weighted by Crippen LogP contribution is -2.10. The van der Waals surface area contributed by atoms with Crippen LogP contribution in [0.15, 0.2) is 36.4 Å². The first-order valence-electron chi connectivity index (χ1n) is 7.83. The zero-order chi connectivity index (χ0) is 18.1. The van der Waals surface area contributed by atoms with E-state index in [1.165, 1.54) is 6.07 Å². The fraction of sp³-hybridized carbons (Fsp3) is 0.158. The van der Waals surface area contributed by atoms with E-state index in [1.54, 1.807) is 30.3 Å². The van der Waals surface area contributed by atoms with Crippen LogP contribution in [-0.4, -0.2) is 21.2 Å². The van der Waals surface area contributed by atoms with Crippen molar-refractivity contribution in [2.45, 2.75) is 20.3 Å². The number of carboxylic acid groups (broad SMARTS) is 1. The molecule has 0 aliphatic heterocycles. The first-order valence-corrected chi connectivity index (χ1v) is 8.21. The number of anilines is 2. The maximum absolute atomic E-state index is 11.9. The quantitative estimate of drug-likeness (QED) is 0.619. The average Bonchev–Trinajstić information content (AvgIpc) is 2.57. The van der Waals surface area contributed by atoms with E-state index < -0.39 is 5.97 Å². The zero-order valence-corrected chi connectivity index (χ0v) is 14.6. The smallest absolute Gasteiger partial charge is 0.339 e. The molecule has 0 aliphatic rings.